The van der Waals surface area contributed by atoms with Gasteiger partial charge in [-0.25, -0.2) is 4.79 Å². The largest absolute Gasteiger partial charge is 0.497 e. The van der Waals surface area contributed by atoms with Crippen LogP contribution in [0, 0.1) is 11.8 Å². The minimum Gasteiger partial charge on any atom is -0.497 e. The molecule has 2 aromatic rings. The number of amides is 2. The summed E-state index contributed by atoms with van der Waals surface area (Å²) in [6.45, 7) is 0. The molecule has 156 valence electrons. The molecule has 3 rings (SSSR count). The highest BCUT2D eigenvalue weighted by Gasteiger charge is 2.34. The molecule has 0 fully saturated rings. The van der Waals surface area contributed by atoms with Gasteiger partial charge in [-0.05, 0) is 61.4 Å². The Bertz CT molecular complexity index is 935. The average molecular weight is 408 g/mol. The van der Waals surface area contributed by atoms with E-state index in [1.54, 1.807) is 55.6 Å². The zero-order valence-corrected chi connectivity index (χ0v) is 16.9. The van der Waals surface area contributed by atoms with Gasteiger partial charge in [-0.15, -0.1) is 0 Å². The van der Waals surface area contributed by atoms with Crippen LogP contribution in [0.1, 0.15) is 23.2 Å². The summed E-state index contributed by atoms with van der Waals surface area (Å²) < 4.78 is 9.79. The molecule has 30 heavy (non-hydrogen) atoms. The first kappa shape index (κ1) is 21.1. The van der Waals surface area contributed by atoms with Crippen molar-refractivity contribution in [2.24, 2.45) is 11.8 Å². The molecule has 2 amide bonds. The van der Waals surface area contributed by atoms with Crippen molar-refractivity contribution in [3.8, 4) is 5.75 Å². The zero-order chi connectivity index (χ0) is 21.5. The summed E-state index contributed by atoms with van der Waals surface area (Å²) in [5.41, 5.74) is 1.59. The molecule has 2 N–H and O–H groups in total. The van der Waals surface area contributed by atoms with Crippen molar-refractivity contribution in [2.45, 2.75) is 12.8 Å². The van der Waals surface area contributed by atoms with E-state index in [9.17, 15) is 14.4 Å². The van der Waals surface area contributed by atoms with Gasteiger partial charge in [0.2, 0.25) is 11.8 Å². The standard InChI is InChI=1S/C23H24N2O5/c1-29-18-13-11-17(12-14-18)25-22(27)20-6-4-3-5-19(20)21(26)24-16-9-7-15(8-10-16)23(28)30-2/h3-4,7-14,19-20H,5-6H2,1-2H3,(H,24,26)(H,25,27). The molecule has 2 aromatic carbocycles. The third-order valence-electron chi connectivity index (χ3n) is 5.04. The third-order valence-corrected chi connectivity index (χ3v) is 5.04. The second kappa shape index (κ2) is 9.73. The Morgan fingerprint density at radius 2 is 1.23 bits per heavy atom. The normalized spacial score (nSPS) is 17.7. The molecule has 0 aliphatic heterocycles. The quantitative estimate of drug-likeness (QED) is 0.562. The number of rotatable bonds is 6. The number of hydrogen-bond donors (Lipinski definition) is 2. The molecular weight excluding hydrogens is 384 g/mol. The van der Waals surface area contributed by atoms with Crippen molar-refractivity contribution in [3.63, 3.8) is 0 Å². The molecule has 0 saturated carbocycles. The van der Waals surface area contributed by atoms with Gasteiger partial charge in [0, 0.05) is 11.4 Å². The first-order chi connectivity index (χ1) is 14.5. The highest BCUT2D eigenvalue weighted by Crippen LogP contribution is 2.29. The summed E-state index contributed by atoms with van der Waals surface area (Å²) in [5.74, 6) is -1.16. The lowest BCUT2D eigenvalue weighted by atomic mass is 9.81. The maximum Gasteiger partial charge on any atom is 0.337 e. The van der Waals surface area contributed by atoms with E-state index in [0.717, 1.165) is 0 Å². The van der Waals surface area contributed by atoms with Crippen molar-refractivity contribution in [2.75, 3.05) is 24.9 Å². The molecule has 0 bridgehead atoms. The van der Waals surface area contributed by atoms with E-state index in [-0.39, 0.29) is 11.8 Å². The molecule has 0 spiro atoms. The van der Waals surface area contributed by atoms with E-state index in [0.29, 0.717) is 35.5 Å². The molecule has 0 aromatic heterocycles. The molecule has 1 aliphatic rings. The highest BCUT2D eigenvalue weighted by molar-refractivity contribution is 6.00. The fourth-order valence-electron chi connectivity index (χ4n) is 3.35. The smallest absolute Gasteiger partial charge is 0.337 e. The van der Waals surface area contributed by atoms with Crippen LogP contribution in [0.5, 0.6) is 5.75 Å². The number of benzene rings is 2. The van der Waals surface area contributed by atoms with Crippen molar-refractivity contribution in [1.29, 1.82) is 0 Å². The number of carbonyl (C=O) groups excluding carboxylic acids is 3. The van der Waals surface area contributed by atoms with E-state index in [1.807, 2.05) is 12.2 Å². The van der Waals surface area contributed by atoms with Crippen LogP contribution in [0.4, 0.5) is 11.4 Å². The maximum absolute atomic E-state index is 12.9. The lowest BCUT2D eigenvalue weighted by Gasteiger charge is -2.26. The van der Waals surface area contributed by atoms with Gasteiger partial charge in [-0.1, -0.05) is 12.2 Å². The first-order valence-electron chi connectivity index (χ1n) is 9.61. The molecule has 0 heterocycles. The van der Waals surface area contributed by atoms with Crippen LogP contribution in [-0.2, 0) is 14.3 Å². The summed E-state index contributed by atoms with van der Waals surface area (Å²) in [4.78, 5) is 37.2. The highest BCUT2D eigenvalue weighted by atomic mass is 16.5. The van der Waals surface area contributed by atoms with Crippen LogP contribution in [0.25, 0.3) is 0 Å². The van der Waals surface area contributed by atoms with Crippen LogP contribution in [0.2, 0.25) is 0 Å². The van der Waals surface area contributed by atoms with E-state index in [1.165, 1.54) is 7.11 Å². The van der Waals surface area contributed by atoms with Crippen molar-refractivity contribution >= 4 is 29.2 Å². The topological polar surface area (TPSA) is 93.7 Å². The van der Waals surface area contributed by atoms with E-state index in [2.05, 4.69) is 15.4 Å². The predicted molar refractivity (Wildman–Crippen MR) is 113 cm³/mol. The van der Waals surface area contributed by atoms with E-state index >= 15 is 0 Å². The van der Waals surface area contributed by atoms with Crippen molar-refractivity contribution < 1.29 is 23.9 Å². The maximum atomic E-state index is 12.9. The average Bonchev–Trinajstić information content (AvgIpc) is 2.79. The Hall–Kier alpha value is -3.61. The predicted octanol–water partition coefficient (Wildman–Crippen LogP) is 3.64. The van der Waals surface area contributed by atoms with Crippen molar-refractivity contribution in [1.82, 2.24) is 0 Å². The summed E-state index contributed by atoms with van der Waals surface area (Å²) in [6, 6.07) is 13.5. The van der Waals surface area contributed by atoms with Crippen molar-refractivity contribution in [3.05, 3.63) is 66.2 Å². The summed E-state index contributed by atoms with van der Waals surface area (Å²) in [5, 5.41) is 5.72. The number of methoxy groups -OCH3 is 2. The Labute approximate surface area is 175 Å². The first-order valence-corrected chi connectivity index (χ1v) is 9.61. The number of nitrogens with one attached hydrogen (secondary N) is 2. The minimum absolute atomic E-state index is 0.203. The molecule has 0 radical (unpaired) electrons. The van der Waals surface area contributed by atoms with Gasteiger partial charge in [-0.3, -0.25) is 9.59 Å². The zero-order valence-electron chi connectivity index (χ0n) is 16.9. The lowest BCUT2D eigenvalue weighted by molar-refractivity contribution is -0.129. The molecule has 1 aliphatic carbocycles. The molecule has 0 saturated heterocycles. The van der Waals surface area contributed by atoms with Gasteiger partial charge in [0.15, 0.2) is 0 Å². The molecule has 7 nitrogen and oxygen atoms in total. The van der Waals surface area contributed by atoms with Gasteiger partial charge < -0.3 is 20.1 Å². The number of carbonyl (C=O) groups is 3. The SMILES string of the molecule is COC(=O)c1ccc(NC(=O)C2CC=CCC2C(=O)Nc2ccc(OC)cc2)cc1. The van der Waals surface area contributed by atoms with Gasteiger partial charge >= 0.3 is 5.97 Å². The van der Waals surface area contributed by atoms with Crippen LogP contribution >= 0.6 is 0 Å². The van der Waals surface area contributed by atoms with Crippen LogP contribution in [-0.4, -0.2) is 32.0 Å². The van der Waals surface area contributed by atoms with E-state index < -0.39 is 17.8 Å². The van der Waals surface area contributed by atoms with Gasteiger partial charge in [0.1, 0.15) is 5.75 Å². The molecule has 2 atom stereocenters. The molecular formula is C23H24N2O5. The monoisotopic (exact) mass is 408 g/mol. The van der Waals surface area contributed by atoms with E-state index in [4.69, 9.17) is 4.74 Å². The fraction of sp³-hybridized carbons (Fsp3) is 0.261. The number of esters is 1. The Kier molecular flexibility index (Phi) is 6.85. The van der Waals surface area contributed by atoms with Crippen LogP contribution in [0.3, 0.4) is 0 Å². The molecule has 7 heteroatoms. The van der Waals surface area contributed by atoms with Gasteiger partial charge in [0.25, 0.3) is 0 Å². The second-order valence-corrected chi connectivity index (χ2v) is 6.93. The number of allylic oxidation sites excluding steroid dienone is 2. The molecule has 2 unspecified atom stereocenters. The fourth-order valence-corrected chi connectivity index (χ4v) is 3.35. The number of ether oxygens (including phenoxy) is 2. The second-order valence-electron chi connectivity index (χ2n) is 6.93. The van der Waals surface area contributed by atoms with Crippen LogP contribution < -0.4 is 15.4 Å². The lowest BCUT2D eigenvalue weighted by Crippen LogP contribution is -2.37. The third kappa shape index (κ3) is 5.05. The number of hydrogen-bond acceptors (Lipinski definition) is 5. The number of anilines is 2. The summed E-state index contributed by atoms with van der Waals surface area (Å²) in [7, 11) is 2.89. The Balaban J connectivity index is 1.66. The summed E-state index contributed by atoms with van der Waals surface area (Å²) in [6.07, 6.45) is 4.81. The Morgan fingerprint density at radius 1 is 0.767 bits per heavy atom. The summed E-state index contributed by atoms with van der Waals surface area (Å²) >= 11 is 0. The Morgan fingerprint density at radius 3 is 1.67 bits per heavy atom. The minimum atomic E-state index is -0.492. The van der Waals surface area contributed by atoms with Crippen LogP contribution in [0.15, 0.2) is 60.7 Å². The van der Waals surface area contributed by atoms with Gasteiger partial charge in [-0.2, -0.15) is 0 Å². The van der Waals surface area contributed by atoms with Gasteiger partial charge in [0.05, 0.1) is 31.6 Å².